The van der Waals surface area contributed by atoms with Gasteiger partial charge in [0.2, 0.25) is 0 Å². The maximum atomic E-state index is 6.43. The van der Waals surface area contributed by atoms with Gasteiger partial charge in [-0.3, -0.25) is 9.67 Å². The maximum Gasteiger partial charge on any atom is 0.144 e. The fourth-order valence-electron chi connectivity index (χ4n) is 5.44. The zero-order valence-corrected chi connectivity index (χ0v) is 20.0. The van der Waals surface area contributed by atoms with Gasteiger partial charge in [0.25, 0.3) is 0 Å². The first-order valence-corrected chi connectivity index (χ1v) is 12.1. The number of pyridine rings is 2. The van der Waals surface area contributed by atoms with E-state index in [4.69, 9.17) is 26.3 Å². The predicted molar refractivity (Wildman–Crippen MR) is 135 cm³/mol. The number of aromatic nitrogens is 5. The number of nitrogens with zero attached hydrogens (tertiary/aromatic N) is 5. The van der Waals surface area contributed by atoms with Crippen LogP contribution in [0.25, 0.3) is 33.3 Å². The van der Waals surface area contributed by atoms with Gasteiger partial charge < -0.3 is 9.30 Å². The highest BCUT2D eigenvalue weighted by Gasteiger charge is 2.30. The lowest BCUT2D eigenvalue weighted by molar-refractivity contribution is 0.0552. The van der Waals surface area contributed by atoms with E-state index in [1.807, 2.05) is 36.3 Å². The molecule has 0 radical (unpaired) electrons. The number of aryl methyl sites for hydroxylation is 2. The molecular weight excluding hydrogens is 446 g/mol. The van der Waals surface area contributed by atoms with E-state index >= 15 is 0 Å². The minimum atomic E-state index is 0.0979. The molecular formula is C27H26ClN5O. The van der Waals surface area contributed by atoms with Gasteiger partial charge in [-0.05, 0) is 55.0 Å². The van der Waals surface area contributed by atoms with Gasteiger partial charge in [-0.1, -0.05) is 41.9 Å². The van der Waals surface area contributed by atoms with Crippen molar-refractivity contribution in [2.45, 2.75) is 25.8 Å². The van der Waals surface area contributed by atoms with Crippen molar-refractivity contribution in [1.29, 1.82) is 0 Å². The Morgan fingerprint density at radius 1 is 1.06 bits per heavy atom. The SMILES string of the molecule is Cc1cnn(C)c1-c1cnc2c3ccc(Cl)nc3n([C@H](c3ccccc3)C3CCOCC3)c2c1. The molecule has 172 valence electrons. The normalized spacial score (nSPS) is 15.9. The Labute approximate surface area is 203 Å². The van der Waals surface area contributed by atoms with Crippen molar-refractivity contribution in [3.8, 4) is 11.3 Å². The smallest absolute Gasteiger partial charge is 0.144 e. The molecule has 7 heteroatoms. The Morgan fingerprint density at radius 2 is 1.85 bits per heavy atom. The molecule has 5 heterocycles. The van der Waals surface area contributed by atoms with E-state index in [0.717, 1.165) is 64.9 Å². The van der Waals surface area contributed by atoms with Gasteiger partial charge in [-0.25, -0.2) is 4.98 Å². The van der Waals surface area contributed by atoms with Crippen molar-refractivity contribution in [2.75, 3.05) is 13.2 Å². The Morgan fingerprint density at radius 3 is 2.59 bits per heavy atom. The number of hydrogen-bond acceptors (Lipinski definition) is 4. The average Bonchev–Trinajstić information content (AvgIpc) is 3.36. The second-order valence-electron chi connectivity index (χ2n) is 9.07. The Hall–Kier alpha value is -3.22. The van der Waals surface area contributed by atoms with Crippen LogP contribution in [0.2, 0.25) is 5.15 Å². The highest BCUT2D eigenvalue weighted by Crippen LogP contribution is 2.41. The van der Waals surface area contributed by atoms with Crippen molar-refractivity contribution in [1.82, 2.24) is 24.3 Å². The minimum absolute atomic E-state index is 0.0979. The van der Waals surface area contributed by atoms with Gasteiger partial charge in [0, 0.05) is 37.4 Å². The number of rotatable bonds is 4. The summed E-state index contributed by atoms with van der Waals surface area (Å²) in [7, 11) is 1.97. The third-order valence-electron chi connectivity index (χ3n) is 6.98. The third-order valence-corrected chi connectivity index (χ3v) is 7.19. The van der Waals surface area contributed by atoms with Crippen LogP contribution in [0.4, 0.5) is 0 Å². The van der Waals surface area contributed by atoms with Gasteiger partial charge in [0.15, 0.2) is 0 Å². The first-order valence-electron chi connectivity index (χ1n) is 11.7. The van der Waals surface area contributed by atoms with Crippen LogP contribution in [0.15, 0.2) is 60.9 Å². The molecule has 0 spiro atoms. The Kier molecular flexibility index (Phi) is 5.35. The Balaban J connectivity index is 1.67. The van der Waals surface area contributed by atoms with Crippen molar-refractivity contribution in [2.24, 2.45) is 13.0 Å². The van der Waals surface area contributed by atoms with Gasteiger partial charge in [0.05, 0.1) is 29.0 Å². The highest BCUT2D eigenvalue weighted by molar-refractivity contribution is 6.30. The number of hydrogen-bond donors (Lipinski definition) is 0. The van der Waals surface area contributed by atoms with E-state index in [2.05, 4.69) is 53.0 Å². The molecule has 0 N–H and O–H groups in total. The van der Waals surface area contributed by atoms with E-state index in [1.54, 1.807) is 0 Å². The van der Waals surface area contributed by atoms with Crippen LogP contribution < -0.4 is 0 Å². The van der Waals surface area contributed by atoms with Crippen LogP contribution in [0, 0.1) is 12.8 Å². The highest BCUT2D eigenvalue weighted by atomic mass is 35.5. The van der Waals surface area contributed by atoms with Crippen LogP contribution in [0.3, 0.4) is 0 Å². The number of halogens is 1. The molecule has 6 rings (SSSR count). The molecule has 1 fully saturated rings. The van der Waals surface area contributed by atoms with Crippen molar-refractivity contribution in [3.05, 3.63) is 77.2 Å². The first-order chi connectivity index (χ1) is 16.6. The standard InChI is InChI=1S/C27H26ClN5O/c1-17-15-30-32(2)25(17)20-14-22-24(29-16-20)21-8-9-23(28)31-27(21)33(22)26(18-6-4-3-5-7-18)19-10-12-34-13-11-19/h3-9,14-16,19,26H,10-13H2,1-2H3/t26-/m1/s1. The van der Waals surface area contributed by atoms with E-state index < -0.39 is 0 Å². The van der Waals surface area contributed by atoms with Crippen molar-refractivity contribution >= 4 is 33.7 Å². The second kappa shape index (κ2) is 8.53. The number of benzene rings is 1. The quantitative estimate of drug-likeness (QED) is 0.303. The summed E-state index contributed by atoms with van der Waals surface area (Å²) in [6.07, 6.45) is 5.83. The summed E-state index contributed by atoms with van der Waals surface area (Å²) in [4.78, 5) is 9.77. The molecule has 0 bridgehead atoms. The summed E-state index contributed by atoms with van der Waals surface area (Å²) in [5, 5.41) is 5.94. The van der Waals surface area contributed by atoms with Gasteiger partial charge in [-0.2, -0.15) is 5.10 Å². The summed E-state index contributed by atoms with van der Waals surface area (Å²) in [5.41, 5.74) is 7.36. The van der Waals surface area contributed by atoms with E-state index in [-0.39, 0.29) is 6.04 Å². The lowest BCUT2D eigenvalue weighted by Crippen LogP contribution is -2.27. The monoisotopic (exact) mass is 471 g/mol. The van der Waals surface area contributed by atoms with Gasteiger partial charge in [-0.15, -0.1) is 0 Å². The minimum Gasteiger partial charge on any atom is -0.381 e. The summed E-state index contributed by atoms with van der Waals surface area (Å²) in [5.74, 6) is 0.415. The zero-order valence-electron chi connectivity index (χ0n) is 19.3. The number of fused-ring (bicyclic) bond motifs is 3. The lowest BCUT2D eigenvalue weighted by atomic mass is 9.86. The van der Waals surface area contributed by atoms with Gasteiger partial charge in [0.1, 0.15) is 10.8 Å². The molecule has 0 unspecified atom stereocenters. The molecule has 4 aromatic heterocycles. The van der Waals surface area contributed by atoms with Gasteiger partial charge >= 0.3 is 0 Å². The molecule has 0 aliphatic carbocycles. The number of ether oxygens (including phenoxy) is 1. The average molecular weight is 472 g/mol. The van der Waals surface area contributed by atoms with Crippen LogP contribution in [-0.4, -0.2) is 37.5 Å². The molecule has 6 nitrogen and oxygen atoms in total. The zero-order chi connectivity index (χ0) is 23.2. The largest absolute Gasteiger partial charge is 0.381 e. The fourth-order valence-corrected chi connectivity index (χ4v) is 5.58. The lowest BCUT2D eigenvalue weighted by Gasteiger charge is -2.32. The summed E-state index contributed by atoms with van der Waals surface area (Å²) in [6, 6.07) is 16.9. The molecule has 34 heavy (non-hydrogen) atoms. The predicted octanol–water partition coefficient (Wildman–Crippen LogP) is 5.96. The Bertz CT molecular complexity index is 1460. The second-order valence-corrected chi connectivity index (χ2v) is 9.46. The molecule has 1 atom stereocenters. The van der Waals surface area contributed by atoms with Crippen LogP contribution in [0.1, 0.15) is 30.0 Å². The van der Waals surface area contributed by atoms with Crippen LogP contribution in [-0.2, 0) is 11.8 Å². The third kappa shape index (κ3) is 3.49. The molecule has 1 aliphatic rings. The fraction of sp³-hybridized carbons (Fsp3) is 0.296. The molecule has 0 saturated carbocycles. The van der Waals surface area contributed by atoms with Crippen molar-refractivity contribution < 1.29 is 4.74 Å². The summed E-state index contributed by atoms with van der Waals surface area (Å²) < 4.78 is 10.00. The van der Waals surface area contributed by atoms with Crippen LogP contribution in [0.5, 0.6) is 0 Å². The first kappa shape index (κ1) is 21.3. The molecule has 1 aromatic carbocycles. The molecule has 0 amide bonds. The van der Waals surface area contributed by atoms with Crippen LogP contribution >= 0.6 is 11.6 Å². The van der Waals surface area contributed by atoms with E-state index in [9.17, 15) is 0 Å². The molecule has 1 saturated heterocycles. The summed E-state index contributed by atoms with van der Waals surface area (Å²) >= 11 is 6.43. The van der Waals surface area contributed by atoms with Crippen molar-refractivity contribution in [3.63, 3.8) is 0 Å². The van der Waals surface area contributed by atoms with E-state index in [0.29, 0.717) is 11.1 Å². The molecule has 5 aromatic rings. The summed E-state index contributed by atoms with van der Waals surface area (Å²) in [6.45, 7) is 3.63. The van der Waals surface area contributed by atoms with E-state index in [1.165, 1.54) is 5.56 Å². The topological polar surface area (TPSA) is 57.8 Å². The maximum absolute atomic E-state index is 6.43. The molecule has 1 aliphatic heterocycles.